The molecule has 0 N–H and O–H groups in total. The van der Waals surface area contributed by atoms with Gasteiger partial charge in [-0.15, -0.1) is 0 Å². The van der Waals surface area contributed by atoms with Crippen LogP contribution in [0.2, 0.25) is 5.02 Å². The minimum Gasteiger partial charge on any atom is -0.194 e. The van der Waals surface area contributed by atoms with Crippen LogP contribution in [0, 0.1) is 0 Å². The summed E-state index contributed by atoms with van der Waals surface area (Å²) in [6.07, 6.45) is -7.79. The smallest absolute Gasteiger partial charge is 0.194 e. The van der Waals surface area contributed by atoms with Crippen LogP contribution in [-0.2, 0) is 5.92 Å². The number of hydrogen-bond acceptors (Lipinski definition) is 0. The van der Waals surface area contributed by atoms with Crippen LogP contribution >= 0.6 is 27.5 Å². The van der Waals surface area contributed by atoms with Crippen molar-refractivity contribution < 1.29 is 74.6 Å². The Kier molecular flexibility index (Phi) is 7.15. The first-order valence-electron chi connectivity index (χ1n) is 7.33. The molecule has 0 spiro atoms. The van der Waals surface area contributed by atoms with Gasteiger partial charge >= 0.3 is 47.6 Å². The van der Waals surface area contributed by atoms with Gasteiger partial charge < -0.3 is 0 Å². The molecule has 0 nitrogen and oxygen atoms in total. The van der Waals surface area contributed by atoms with E-state index in [4.69, 9.17) is 11.6 Å². The van der Waals surface area contributed by atoms with Crippen molar-refractivity contribution in [1.82, 2.24) is 0 Å². The molecule has 0 unspecified atom stereocenters. The minimum atomic E-state index is -8.66. The topological polar surface area (TPSA) is 0 Å². The molecule has 1 aromatic rings. The zero-order chi connectivity index (χ0) is 26.9. The Hall–Kier alpha value is -1.20. The van der Waals surface area contributed by atoms with Crippen LogP contribution in [-0.4, -0.2) is 41.7 Å². The zero-order valence-corrected chi connectivity index (χ0v) is 16.8. The van der Waals surface area contributed by atoms with E-state index in [9.17, 15) is 74.6 Å². The van der Waals surface area contributed by atoms with Crippen molar-refractivity contribution in [2.45, 2.75) is 47.6 Å². The van der Waals surface area contributed by atoms with Crippen molar-refractivity contribution in [3.63, 3.8) is 0 Å². The maximum absolute atomic E-state index is 14.1. The lowest BCUT2D eigenvalue weighted by molar-refractivity contribution is -0.462. The van der Waals surface area contributed by atoms with E-state index in [1.54, 1.807) is 0 Å². The summed E-state index contributed by atoms with van der Waals surface area (Å²) in [6.45, 7) is 0. The van der Waals surface area contributed by atoms with Gasteiger partial charge in [-0.25, -0.2) is 0 Å². The fourth-order valence-electron chi connectivity index (χ4n) is 2.07. The third-order valence-electron chi connectivity index (χ3n) is 3.99. The van der Waals surface area contributed by atoms with Crippen molar-refractivity contribution in [2.75, 3.05) is 0 Å². The quantitative estimate of drug-likeness (QED) is 0.272. The molecule has 1 aromatic carbocycles. The molecule has 0 amide bonds. The lowest BCUT2D eigenvalue weighted by atomic mass is 9.87. The molecule has 33 heavy (non-hydrogen) atoms. The molecule has 0 bridgehead atoms. The lowest BCUT2D eigenvalue weighted by Gasteiger charge is -2.43. The second-order valence-electron chi connectivity index (χ2n) is 6.14. The molecule has 0 radical (unpaired) electrons. The first kappa shape index (κ1) is 29.8. The first-order chi connectivity index (χ1) is 14.2. The van der Waals surface area contributed by atoms with Crippen LogP contribution in [0.3, 0.4) is 0 Å². The summed E-state index contributed by atoms with van der Waals surface area (Å²) in [5, 5.41) is -0.944. The average molecular weight is 610 g/mol. The van der Waals surface area contributed by atoms with Gasteiger partial charge in [-0.05, 0) is 18.2 Å². The highest BCUT2D eigenvalue weighted by molar-refractivity contribution is 9.10. The second kappa shape index (κ2) is 7.91. The summed E-state index contributed by atoms with van der Waals surface area (Å²) in [5.41, 5.74) is -2.38. The van der Waals surface area contributed by atoms with Crippen LogP contribution in [0.15, 0.2) is 22.7 Å². The number of hydrogen-bond donors (Lipinski definition) is 0. The highest BCUT2D eigenvalue weighted by Gasteiger charge is 2.95. The molecule has 192 valence electrons. The maximum Gasteiger partial charge on any atom is 0.460 e. The van der Waals surface area contributed by atoms with Crippen LogP contribution in [0.5, 0.6) is 0 Å². The number of rotatable bonds is 7. The van der Waals surface area contributed by atoms with E-state index in [0.717, 1.165) is 0 Å². The highest BCUT2D eigenvalue weighted by Crippen LogP contribution is 2.65. The van der Waals surface area contributed by atoms with Crippen molar-refractivity contribution in [2.24, 2.45) is 0 Å². The molecule has 19 heteroatoms. The predicted octanol–water partition coefficient (Wildman–Crippen LogP) is 8.57. The summed E-state index contributed by atoms with van der Waals surface area (Å²) in [6, 6.07) is 0.729. The third kappa shape index (κ3) is 3.91. The summed E-state index contributed by atoms with van der Waals surface area (Å²) >= 11 is 7.26. The minimum absolute atomic E-state index is 0.266. The molecule has 0 aliphatic heterocycles. The molecule has 0 aliphatic rings. The van der Waals surface area contributed by atoms with Crippen LogP contribution in [0.4, 0.5) is 74.6 Å². The van der Waals surface area contributed by atoms with Crippen LogP contribution in [0.25, 0.3) is 0 Å². The van der Waals surface area contributed by atoms with E-state index in [1.807, 2.05) is 0 Å². The van der Waals surface area contributed by atoms with Gasteiger partial charge in [0, 0.05) is 15.1 Å². The van der Waals surface area contributed by atoms with Gasteiger partial charge in [0.05, 0.1) is 0 Å². The van der Waals surface area contributed by atoms with E-state index in [0.29, 0.717) is 12.1 Å². The number of halogens is 19. The number of benzene rings is 1. The van der Waals surface area contributed by atoms with E-state index in [-0.39, 0.29) is 6.07 Å². The largest absolute Gasteiger partial charge is 0.460 e. The molecule has 0 fully saturated rings. The number of alkyl halides is 17. The molecule has 0 saturated carbocycles. The summed E-state index contributed by atoms with van der Waals surface area (Å²) in [5.74, 6) is -56.8. The Bertz CT molecular complexity index is 888. The van der Waals surface area contributed by atoms with Gasteiger partial charge in [0.1, 0.15) is 0 Å². The molecule has 0 aliphatic carbocycles. The third-order valence-corrected chi connectivity index (χ3v) is 4.92. The molecular formula is C14H3BrClF17. The van der Waals surface area contributed by atoms with Gasteiger partial charge in [0.2, 0.25) is 0 Å². The Labute approximate surface area is 183 Å². The molecule has 0 aromatic heterocycles. The maximum atomic E-state index is 14.1. The van der Waals surface area contributed by atoms with E-state index in [1.165, 1.54) is 0 Å². The van der Waals surface area contributed by atoms with Gasteiger partial charge in [-0.2, -0.15) is 74.6 Å². The average Bonchev–Trinajstić information content (AvgIpc) is 2.61. The summed E-state index contributed by atoms with van der Waals surface area (Å²) < 4.78 is 224. The summed E-state index contributed by atoms with van der Waals surface area (Å²) in [4.78, 5) is 0. The van der Waals surface area contributed by atoms with Crippen LogP contribution < -0.4 is 0 Å². The Morgan fingerprint density at radius 1 is 0.515 bits per heavy atom. The van der Waals surface area contributed by atoms with Crippen molar-refractivity contribution in [3.05, 3.63) is 33.3 Å². The van der Waals surface area contributed by atoms with E-state index >= 15 is 0 Å². The fourth-order valence-corrected chi connectivity index (χ4v) is 2.74. The Morgan fingerprint density at radius 3 is 1.21 bits per heavy atom. The molecule has 0 atom stereocenters. The van der Waals surface area contributed by atoms with E-state index < -0.39 is 62.7 Å². The van der Waals surface area contributed by atoms with Gasteiger partial charge in [0.25, 0.3) is 0 Å². The Morgan fingerprint density at radius 2 is 0.848 bits per heavy atom. The molecule has 0 saturated heterocycles. The van der Waals surface area contributed by atoms with Crippen molar-refractivity contribution in [1.29, 1.82) is 0 Å². The van der Waals surface area contributed by atoms with Gasteiger partial charge in [-0.3, -0.25) is 0 Å². The van der Waals surface area contributed by atoms with E-state index in [2.05, 4.69) is 15.9 Å². The SMILES string of the molecule is FC(F)(F)C(F)(F)C(F)(F)C(F)(F)C(F)(F)C(F)(F)C(F)(F)C(F)(F)c1cc(Cl)ccc1Br. The molecular weight excluding hydrogens is 606 g/mol. The molecule has 1 rings (SSSR count). The van der Waals surface area contributed by atoms with Crippen LogP contribution in [0.1, 0.15) is 5.56 Å². The lowest BCUT2D eigenvalue weighted by Crippen LogP contribution is -2.74. The van der Waals surface area contributed by atoms with Crippen molar-refractivity contribution in [3.8, 4) is 0 Å². The normalized spacial score (nSPS) is 15.7. The monoisotopic (exact) mass is 608 g/mol. The zero-order valence-electron chi connectivity index (χ0n) is 14.4. The Balaban J connectivity index is 3.78. The van der Waals surface area contributed by atoms with Crippen molar-refractivity contribution >= 4 is 27.5 Å². The molecule has 0 heterocycles. The second-order valence-corrected chi connectivity index (χ2v) is 7.43. The van der Waals surface area contributed by atoms with Gasteiger partial charge in [0.15, 0.2) is 0 Å². The summed E-state index contributed by atoms with van der Waals surface area (Å²) in [7, 11) is 0. The predicted molar refractivity (Wildman–Crippen MR) is 78.8 cm³/mol. The van der Waals surface area contributed by atoms with Gasteiger partial charge in [-0.1, -0.05) is 27.5 Å². The first-order valence-corrected chi connectivity index (χ1v) is 8.50. The standard InChI is InChI=1S/C14H3BrClF17/c15-6-2-1-4(16)3-5(6)7(17,18)8(19,20)9(21,22)10(23,24)11(25,26)12(27,28)13(29,30)14(31,32)33/h1-3H. The fraction of sp³-hybridized carbons (Fsp3) is 0.571. The highest BCUT2D eigenvalue weighted by atomic mass is 79.9.